The third kappa shape index (κ3) is 59.1. The van der Waals surface area contributed by atoms with Crippen molar-refractivity contribution in [2.24, 2.45) is 20.0 Å². The van der Waals surface area contributed by atoms with Crippen LogP contribution in [0.15, 0.2) is 54.4 Å². The summed E-state index contributed by atoms with van der Waals surface area (Å²) in [5, 5.41) is 47.7. The summed E-state index contributed by atoms with van der Waals surface area (Å²) in [6, 6.07) is 0.880. The van der Waals surface area contributed by atoms with Crippen LogP contribution >= 0.6 is 0 Å². The second-order valence-corrected chi connectivity index (χ2v) is 27.2. The minimum absolute atomic E-state index is 0. The van der Waals surface area contributed by atoms with E-state index in [2.05, 4.69) is 108 Å². The summed E-state index contributed by atoms with van der Waals surface area (Å²) in [5.41, 5.74) is 6.61. The molecular weight excluding hydrogens is 1380 g/mol. The number of hydrogen-bond acceptors (Lipinski definition) is 21. The third-order valence-corrected chi connectivity index (χ3v) is 16.7. The molecule has 8 rings (SSSR count). The van der Waals surface area contributed by atoms with Gasteiger partial charge in [-0.2, -0.15) is 15.0 Å². The molecule has 17 N–H and O–H groups in total. The van der Waals surface area contributed by atoms with Crippen molar-refractivity contribution in [3.05, 3.63) is 45.7 Å². The number of aromatic amines is 1. The average molecular weight is 1510 g/mol. The molecule has 2 atom stereocenters. The van der Waals surface area contributed by atoms with Crippen LogP contribution in [0.3, 0.4) is 0 Å². The molecule has 34 nitrogen and oxygen atoms in total. The quantitative estimate of drug-likeness (QED) is 0.0684. The lowest BCUT2D eigenvalue weighted by atomic mass is 9.83. The molecule has 5 fully saturated rings. The number of nitrogens with zero attached hydrogens (tertiary/aromatic N) is 5. The lowest BCUT2D eigenvalue weighted by Gasteiger charge is -2.35. The van der Waals surface area contributed by atoms with Gasteiger partial charge in [0.2, 0.25) is 53.9 Å². The van der Waals surface area contributed by atoms with Crippen LogP contribution in [0, 0.1) is 6.92 Å². The van der Waals surface area contributed by atoms with Gasteiger partial charge in [-0.25, -0.2) is 48.3 Å². The molecule has 5 saturated carbocycles. The molecule has 107 heavy (non-hydrogen) atoms. The number of hydrogen-bond donors (Lipinski definition) is 16. The first-order chi connectivity index (χ1) is 49.9. The molecule has 0 radical (unpaired) electrons. The topological polar surface area (TPSA) is 511 Å². The van der Waals surface area contributed by atoms with E-state index in [0.29, 0.717) is 25.3 Å². The summed E-state index contributed by atoms with van der Waals surface area (Å²) in [6.45, 7) is 30.5. The summed E-state index contributed by atoms with van der Waals surface area (Å²) in [4.78, 5) is 156. The molecule has 0 bridgehead atoms. The number of carboxylic acid groups (broad SMARTS) is 2. The number of allylic oxidation sites excluding steroid dienone is 2. The molecular formula is C73H131N19O15. The maximum atomic E-state index is 12.0. The number of nitrogens with one attached hydrogen (secondary N) is 13. The average Bonchev–Trinajstić information content (AvgIpc) is 0.836. The molecule has 2 aliphatic heterocycles. The van der Waals surface area contributed by atoms with Crippen molar-refractivity contribution in [3.8, 4) is 0 Å². The van der Waals surface area contributed by atoms with Crippen LogP contribution in [-0.4, -0.2) is 165 Å². The number of carbonyl (C=O) groups is 8. The smallest absolute Gasteiger partial charge is 0.404 e. The molecule has 0 aromatic carbocycles. The van der Waals surface area contributed by atoms with E-state index in [9.17, 15) is 57.5 Å². The molecule has 0 saturated heterocycles. The molecule has 34 heteroatoms. The number of nitrogen functional groups attached to an aromatic ring is 1. The molecule has 0 spiro atoms. The maximum Gasteiger partial charge on any atom is 0.404 e. The molecule has 608 valence electrons. The van der Waals surface area contributed by atoms with E-state index in [4.69, 9.17) is 20.7 Å². The Kier molecular flexibility index (Phi) is 58.5. The van der Waals surface area contributed by atoms with E-state index < -0.39 is 24.8 Å². The van der Waals surface area contributed by atoms with Crippen molar-refractivity contribution in [2.75, 3.05) is 38.5 Å². The number of isocyanates is 4. The number of H-pyrrole nitrogens is 1. The molecule has 7 aliphatic rings. The second-order valence-electron chi connectivity index (χ2n) is 27.2. The Balaban J connectivity index is -0.000000563. The Morgan fingerprint density at radius 1 is 0.486 bits per heavy atom. The van der Waals surface area contributed by atoms with Gasteiger partial charge in [-0.3, -0.25) is 29.0 Å². The number of carbonyl (C=O) groups excluding carboxylic acids is 10. The van der Waals surface area contributed by atoms with Crippen molar-refractivity contribution >= 4 is 78.1 Å². The fraction of sp³-hybridized carbons (Fsp3) is 0.726. The van der Waals surface area contributed by atoms with Crippen molar-refractivity contribution in [1.82, 2.24) is 73.8 Å². The molecule has 5 aliphatic carbocycles. The van der Waals surface area contributed by atoms with E-state index in [1.54, 1.807) is 59.8 Å². The Labute approximate surface area is 633 Å². The first-order valence-electron chi connectivity index (χ1n) is 36.7. The minimum atomic E-state index is -0.961. The van der Waals surface area contributed by atoms with Gasteiger partial charge in [0, 0.05) is 93.0 Å². The normalized spacial score (nSPS) is 18.4. The standard InChI is InChI=1S/2C13H22N4O2.3C8H13NO.C5H7N3O.2C4H9NO.2C3H7NO2.C3H5NO.CH4/c2*1-9-8-10(18)15-11(14-9)16-12(19)17-13(2)6-4-3-5-7-13;3*1-8(9-7-10)5-3-2-4-6-8;1-3-2-4(9)8-5(6)7-3;2*1-3-5-4(2)6;2*1-2-4-3(5)6;1-2-4-3-5;/h2*8,11,14H,3-7H2,1-2H3,(H,15,18)(H2,16,17,19);3*2-6H2,1H3;2H,1H3,(H3,6,7,8,9);2*3H2,1-2H3,(H,5,6);2*4H,2H2,1H3,(H,5,6);2H2,1H3;1H4. The minimum Gasteiger partial charge on any atom is -0.465 e. The predicted molar refractivity (Wildman–Crippen MR) is 414 cm³/mol. The van der Waals surface area contributed by atoms with E-state index in [1.807, 2.05) is 34.6 Å². The molecule has 2 unspecified atom stereocenters. The fourth-order valence-corrected chi connectivity index (χ4v) is 11.4. The summed E-state index contributed by atoms with van der Waals surface area (Å²) >= 11 is 0. The Morgan fingerprint density at radius 2 is 0.776 bits per heavy atom. The van der Waals surface area contributed by atoms with Crippen molar-refractivity contribution < 1.29 is 67.7 Å². The van der Waals surface area contributed by atoms with Crippen LogP contribution in [0.5, 0.6) is 0 Å². The van der Waals surface area contributed by atoms with Gasteiger partial charge in [0.15, 0.2) is 12.6 Å². The van der Waals surface area contributed by atoms with Crippen LogP contribution in [0.2, 0.25) is 0 Å². The van der Waals surface area contributed by atoms with Gasteiger partial charge in [-0.15, -0.1) is 0 Å². The van der Waals surface area contributed by atoms with Crippen molar-refractivity contribution in [1.29, 1.82) is 0 Å². The first-order valence-corrected chi connectivity index (χ1v) is 36.7. The van der Waals surface area contributed by atoms with E-state index in [0.717, 1.165) is 114 Å². The van der Waals surface area contributed by atoms with Crippen LogP contribution in [0.4, 0.5) is 25.1 Å². The number of nitrogens with two attached hydrogens (primary N) is 1. The Hall–Kier alpha value is -9.76. The lowest BCUT2D eigenvalue weighted by molar-refractivity contribution is -0.119. The van der Waals surface area contributed by atoms with Gasteiger partial charge in [-0.1, -0.05) is 104 Å². The Bertz CT molecular complexity index is 2830. The molecule has 3 heterocycles. The van der Waals surface area contributed by atoms with Crippen molar-refractivity contribution in [3.63, 3.8) is 0 Å². The number of anilines is 1. The summed E-state index contributed by atoms with van der Waals surface area (Å²) in [5.74, 6) is -0.161. The predicted octanol–water partition coefficient (Wildman–Crippen LogP) is 9.44. The number of aromatic nitrogens is 2. The van der Waals surface area contributed by atoms with Crippen LogP contribution in [0.1, 0.15) is 271 Å². The van der Waals surface area contributed by atoms with Gasteiger partial charge in [0.25, 0.3) is 5.56 Å². The van der Waals surface area contributed by atoms with Crippen LogP contribution in [-0.2, 0) is 38.4 Å². The highest BCUT2D eigenvalue weighted by Gasteiger charge is 2.32. The summed E-state index contributed by atoms with van der Waals surface area (Å²) in [6.07, 6.45) is 34.8. The maximum absolute atomic E-state index is 12.0. The fourth-order valence-electron chi connectivity index (χ4n) is 11.4. The van der Waals surface area contributed by atoms with E-state index in [-0.39, 0.29) is 82.3 Å². The largest absolute Gasteiger partial charge is 0.465 e. The van der Waals surface area contributed by atoms with Gasteiger partial charge in [0.1, 0.15) is 0 Å². The Morgan fingerprint density at radius 3 is 0.963 bits per heavy atom. The highest BCUT2D eigenvalue weighted by atomic mass is 16.4. The number of aliphatic imine (C=N–C) groups is 4. The highest BCUT2D eigenvalue weighted by Crippen LogP contribution is 2.33. The number of rotatable bonds is 12. The van der Waals surface area contributed by atoms with Gasteiger partial charge >= 0.3 is 24.2 Å². The van der Waals surface area contributed by atoms with Gasteiger partial charge in [0.05, 0.1) is 16.6 Å². The highest BCUT2D eigenvalue weighted by molar-refractivity contribution is 5.90. The molecule has 1 aromatic rings. The van der Waals surface area contributed by atoms with Crippen LogP contribution < -0.4 is 75.1 Å². The van der Waals surface area contributed by atoms with Gasteiger partial charge in [-0.05, 0) is 154 Å². The second kappa shape index (κ2) is 60.4. The van der Waals surface area contributed by atoms with E-state index in [1.165, 1.54) is 109 Å². The van der Waals surface area contributed by atoms with Gasteiger partial charge < -0.3 is 79.7 Å². The zero-order chi connectivity index (χ0) is 81.1. The lowest BCUT2D eigenvalue weighted by Crippen LogP contribution is -2.62. The third-order valence-electron chi connectivity index (χ3n) is 16.7. The van der Waals surface area contributed by atoms with Crippen LogP contribution in [0.25, 0.3) is 0 Å². The monoisotopic (exact) mass is 1510 g/mol. The number of urea groups is 2. The molecule has 1 aromatic heterocycles. The number of amides is 10. The zero-order valence-corrected chi connectivity index (χ0v) is 65.6. The summed E-state index contributed by atoms with van der Waals surface area (Å²) in [7, 11) is 0. The SMILES string of the molecule is C.CC1(N=C=O)CCCCC1.CC1(N=C=O)CCCCC1.CC1(N=C=O)CCCCC1.CC1=CC(=O)NC(NC(=O)NC2(C)CCCCC2)N1.CC1=CC(=O)NC(NC(=O)NC2(C)CCCCC2)N1.CCN=C=O.CCNC(=O)O.CCNC(=O)O.CCNC(C)=O.CCNC(C)=O.Cc1cc(=O)[nH]c(N)n1. The van der Waals surface area contributed by atoms with E-state index >= 15 is 0 Å². The summed E-state index contributed by atoms with van der Waals surface area (Å²) < 4.78 is 0. The first kappa shape index (κ1) is 104. The number of aryl methyl sites for hydroxylation is 1. The molecule has 10 amide bonds. The van der Waals surface area contributed by atoms with Crippen molar-refractivity contribution in [2.45, 2.75) is 312 Å². The zero-order valence-electron chi connectivity index (χ0n) is 65.6.